The van der Waals surface area contributed by atoms with E-state index in [9.17, 15) is 23.9 Å². The van der Waals surface area contributed by atoms with Crippen LogP contribution in [0.5, 0.6) is 0 Å². The Morgan fingerprint density at radius 2 is 1.93 bits per heavy atom. The molecule has 1 aliphatic heterocycles. The second-order valence-corrected chi connectivity index (χ2v) is 19.5. The van der Waals surface area contributed by atoms with Gasteiger partial charge in [-0.3, -0.25) is 23.7 Å². The fourth-order valence-corrected chi connectivity index (χ4v) is 8.23. The molecular formula is C32H41FN4O5SSi. The Kier molecular flexibility index (Phi) is 8.51. The number of likely N-dealkylation sites (tertiary alicyclic amines) is 1. The molecule has 1 aliphatic rings. The third-order valence-electron chi connectivity index (χ3n) is 8.94. The summed E-state index contributed by atoms with van der Waals surface area (Å²) in [5, 5.41) is 12.4. The van der Waals surface area contributed by atoms with E-state index >= 15 is 0 Å². The van der Waals surface area contributed by atoms with Crippen LogP contribution < -0.4 is 11.2 Å². The number of amides is 1. The molecule has 1 amide bonds. The smallest absolute Gasteiger partial charge is 0.331 e. The van der Waals surface area contributed by atoms with Gasteiger partial charge in [0.25, 0.3) is 11.5 Å². The quantitative estimate of drug-likeness (QED) is 0.271. The average molecular weight is 641 g/mol. The first-order valence-corrected chi connectivity index (χ1v) is 18.7. The van der Waals surface area contributed by atoms with Crippen LogP contribution in [-0.2, 0) is 18.0 Å². The van der Waals surface area contributed by atoms with Crippen molar-refractivity contribution >= 4 is 46.7 Å². The summed E-state index contributed by atoms with van der Waals surface area (Å²) in [5.41, 5.74) is -0.176. The molecule has 2 atom stereocenters. The van der Waals surface area contributed by atoms with Crippen molar-refractivity contribution in [2.45, 2.75) is 77.9 Å². The maximum atomic E-state index is 14.5. The molecule has 0 radical (unpaired) electrons. The van der Waals surface area contributed by atoms with E-state index in [2.05, 4.69) is 38.8 Å². The highest BCUT2D eigenvalue weighted by Gasteiger charge is 2.42. The van der Waals surface area contributed by atoms with Crippen LogP contribution in [0, 0.1) is 11.7 Å². The lowest BCUT2D eigenvalue weighted by atomic mass is 9.99. The zero-order valence-electron chi connectivity index (χ0n) is 26.6. The minimum Gasteiger partial charge on any atom is -0.412 e. The number of pyridine rings is 1. The van der Waals surface area contributed by atoms with Crippen LogP contribution >= 0.6 is 11.3 Å². The highest BCUT2D eigenvalue weighted by atomic mass is 32.1. The number of carbonyl (C=O) groups is 1. The predicted molar refractivity (Wildman–Crippen MR) is 175 cm³/mol. The molecule has 4 aromatic rings. The molecule has 0 aliphatic carbocycles. The number of fused-ring (bicyclic) bond motifs is 2. The highest BCUT2D eigenvalue weighted by molar-refractivity contribution is 7.19. The molecule has 12 heteroatoms. The Balaban J connectivity index is 1.69. The molecule has 1 unspecified atom stereocenters. The van der Waals surface area contributed by atoms with Crippen molar-refractivity contribution in [1.82, 2.24) is 19.0 Å². The van der Waals surface area contributed by atoms with Crippen molar-refractivity contribution in [3.63, 3.8) is 0 Å². The predicted octanol–water partition coefficient (Wildman–Crippen LogP) is 5.42. The first-order valence-electron chi connectivity index (χ1n) is 15.0. The molecular weight excluding hydrogens is 600 g/mol. The van der Waals surface area contributed by atoms with Gasteiger partial charge in [0.15, 0.2) is 8.32 Å². The summed E-state index contributed by atoms with van der Waals surface area (Å²) in [5.74, 6) is -0.818. The zero-order chi connectivity index (χ0) is 32.3. The normalized spacial score (nSPS) is 16.9. The Morgan fingerprint density at radius 1 is 1.23 bits per heavy atom. The maximum absolute atomic E-state index is 14.5. The number of hydrogen-bond donors (Lipinski definition) is 1. The molecule has 3 aromatic heterocycles. The SMILES string of the molecule is CC(C)Cn1c(=O)n(C)c(=O)c2c(C(=O)N3CC[C@@H](O[Si](C)(C)C(C)(C)C)C3)c(C(O)c3ccnc4ccc(F)cc34)sc21. The van der Waals surface area contributed by atoms with E-state index in [1.165, 1.54) is 36.0 Å². The fourth-order valence-electron chi connectivity index (χ4n) is 5.56. The summed E-state index contributed by atoms with van der Waals surface area (Å²) in [4.78, 5) is 48.1. The number of thiophene rings is 1. The summed E-state index contributed by atoms with van der Waals surface area (Å²) in [6.07, 6.45) is 0.646. The molecule has 1 saturated heterocycles. The standard InChI is InChI=1S/C32H41FN4O5SSi/c1-18(2)16-37-30-25(28(39)35(6)31(37)41)24(29(40)36-14-12-20(17-36)42-44(7,8)32(3,4)5)27(43-30)26(38)21-11-13-34-23-10-9-19(33)15-22(21)23/h9-11,13,15,18,20,26,38H,12,14,16-17H2,1-8H3/t20-,26?/m1/s1. The second kappa shape index (κ2) is 11.6. The molecule has 1 aromatic carbocycles. The van der Waals surface area contributed by atoms with Gasteiger partial charge in [0.2, 0.25) is 0 Å². The minimum atomic E-state index is -2.10. The fraction of sp³-hybridized carbons (Fsp3) is 0.500. The number of aliphatic hydroxyl groups excluding tert-OH is 1. The number of benzene rings is 1. The summed E-state index contributed by atoms with van der Waals surface area (Å²) in [6.45, 7) is 15.9. The van der Waals surface area contributed by atoms with Crippen LogP contribution in [0.1, 0.15) is 67.9 Å². The van der Waals surface area contributed by atoms with Gasteiger partial charge in [-0.05, 0) is 60.3 Å². The van der Waals surface area contributed by atoms with E-state index in [4.69, 9.17) is 4.43 Å². The molecule has 1 fully saturated rings. The minimum absolute atomic E-state index is 0.00431. The van der Waals surface area contributed by atoms with Crippen LogP contribution in [0.2, 0.25) is 18.1 Å². The average Bonchev–Trinajstić information content (AvgIpc) is 3.57. The van der Waals surface area contributed by atoms with Gasteiger partial charge >= 0.3 is 5.69 Å². The lowest BCUT2D eigenvalue weighted by Crippen LogP contribution is -2.45. The molecule has 0 spiro atoms. The Bertz CT molecular complexity index is 1870. The van der Waals surface area contributed by atoms with Gasteiger partial charge in [-0.1, -0.05) is 34.6 Å². The van der Waals surface area contributed by atoms with E-state index < -0.39 is 37.4 Å². The van der Waals surface area contributed by atoms with Crippen molar-refractivity contribution < 1.29 is 18.7 Å². The van der Waals surface area contributed by atoms with Crippen LogP contribution in [-0.4, -0.2) is 57.5 Å². The van der Waals surface area contributed by atoms with E-state index in [-0.39, 0.29) is 32.9 Å². The topological polar surface area (TPSA) is 107 Å². The summed E-state index contributed by atoms with van der Waals surface area (Å²) in [6, 6.07) is 5.71. The third-order valence-corrected chi connectivity index (χ3v) is 14.7. The van der Waals surface area contributed by atoms with Crippen molar-refractivity contribution in [2.24, 2.45) is 13.0 Å². The largest absolute Gasteiger partial charge is 0.412 e. The monoisotopic (exact) mass is 640 g/mol. The molecule has 5 rings (SSSR count). The molecule has 4 heterocycles. The van der Waals surface area contributed by atoms with E-state index in [1.54, 1.807) is 11.0 Å². The first kappa shape index (κ1) is 32.2. The van der Waals surface area contributed by atoms with Gasteiger partial charge in [-0.2, -0.15) is 0 Å². The Hall–Kier alpha value is -3.19. The van der Waals surface area contributed by atoms with Crippen LogP contribution in [0.3, 0.4) is 0 Å². The van der Waals surface area contributed by atoms with Gasteiger partial charge < -0.3 is 14.4 Å². The lowest BCUT2D eigenvalue weighted by molar-refractivity contribution is 0.0766. The van der Waals surface area contributed by atoms with E-state index in [0.29, 0.717) is 47.4 Å². The number of aliphatic hydroxyl groups is 1. The number of nitrogens with zero attached hydrogens (tertiary/aromatic N) is 4. The van der Waals surface area contributed by atoms with Gasteiger partial charge in [0, 0.05) is 38.3 Å². The molecule has 9 nitrogen and oxygen atoms in total. The number of halogens is 1. The summed E-state index contributed by atoms with van der Waals surface area (Å²) >= 11 is 1.06. The number of rotatable bonds is 7. The number of hydrogen-bond acceptors (Lipinski definition) is 7. The van der Waals surface area contributed by atoms with Gasteiger partial charge in [-0.15, -0.1) is 11.3 Å². The summed E-state index contributed by atoms with van der Waals surface area (Å²) < 4.78 is 23.5. The van der Waals surface area contributed by atoms with Gasteiger partial charge in [0.1, 0.15) is 16.8 Å². The maximum Gasteiger partial charge on any atom is 0.331 e. The Labute approximate surface area is 261 Å². The second-order valence-electron chi connectivity index (χ2n) is 13.7. The third kappa shape index (κ3) is 5.68. The van der Waals surface area contributed by atoms with Gasteiger partial charge in [0.05, 0.1) is 27.4 Å². The zero-order valence-corrected chi connectivity index (χ0v) is 28.4. The molecule has 0 bridgehead atoms. The molecule has 1 N–H and O–H groups in total. The van der Waals surface area contributed by atoms with Crippen molar-refractivity contribution in [1.29, 1.82) is 0 Å². The van der Waals surface area contributed by atoms with Crippen LogP contribution in [0.25, 0.3) is 21.1 Å². The first-order chi connectivity index (χ1) is 20.5. The van der Waals surface area contributed by atoms with E-state index in [1.807, 2.05) is 13.8 Å². The van der Waals surface area contributed by atoms with Crippen LogP contribution in [0.15, 0.2) is 40.1 Å². The van der Waals surface area contributed by atoms with Crippen molar-refractivity contribution in [3.05, 3.63) is 73.1 Å². The number of carbonyl (C=O) groups excluding carboxylic acids is 1. The van der Waals surface area contributed by atoms with E-state index in [0.717, 1.165) is 15.9 Å². The lowest BCUT2D eigenvalue weighted by Gasteiger charge is -2.38. The Morgan fingerprint density at radius 3 is 2.59 bits per heavy atom. The number of aromatic nitrogens is 3. The van der Waals surface area contributed by atoms with Crippen LogP contribution in [0.4, 0.5) is 4.39 Å². The molecule has 0 saturated carbocycles. The highest BCUT2D eigenvalue weighted by Crippen LogP contribution is 2.41. The summed E-state index contributed by atoms with van der Waals surface area (Å²) in [7, 11) is -0.694. The molecule has 44 heavy (non-hydrogen) atoms. The van der Waals surface area contributed by atoms with Crippen molar-refractivity contribution in [2.75, 3.05) is 13.1 Å². The van der Waals surface area contributed by atoms with Crippen molar-refractivity contribution in [3.8, 4) is 0 Å². The molecule has 236 valence electrons. The van der Waals surface area contributed by atoms with Gasteiger partial charge in [-0.25, -0.2) is 9.18 Å².